The molecule has 1 N–H and O–H groups in total. The number of furan rings is 1. The van der Waals surface area contributed by atoms with Gasteiger partial charge in [0.15, 0.2) is 5.75 Å². The molecule has 2 aromatic heterocycles. The van der Waals surface area contributed by atoms with E-state index in [2.05, 4.69) is 15.3 Å². The lowest BCUT2D eigenvalue weighted by molar-refractivity contribution is -0.134. The van der Waals surface area contributed by atoms with Crippen LogP contribution in [0.15, 0.2) is 33.1 Å². The van der Waals surface area contributed by atoms with Gasteiger partial charge >= 0.3 is 0 Å². The number of benzene rings is 1. The number of thioether (sulfide) groups is 1. The van der Waals surface area contributed by atoms with Crippen LogP contribution < -0.4 is 4.74 Å². The molecule has 2 heterocycles. The van der Waals surface area contributed by atoms with E-state index in [1.165, 1.54) is 29.0 Å². The van der Waals surface area contributed by atoms with Gasteiger partial charge in [0.25, 0.3) is 5.97 Å². The Labute approximate surface area is 206 Å². The molecule has 0 unspecified atom stereocenters. The largest absolute Gasteiger partial charge is 0.482 e. The Bertz CT molecular complexity index is 1070. The van der Waals surface area contributed by atoms with Gasteiger partial charge in [0.2, 0.25) is 5.16 Å². The van der Waals surface area contributed by atoms with Crippen molar-refractivity contribution < 1.29 is 19.1 Å². The molecule has 14 heteroatoms. The molecule has 0 radical (unpaired) electrons. The number of aromatic nitrogens is 3. The van der Waals surface area contributed by atoms with Gasteiger partial charge in [0.1, 0.15) is 34.5 Å². The molecule has 8 nitrogen and oxygen atoms in total. The fraction of sp³-hybridized carbons (Fsp3) is 0.176. The van der Waals surface area contributed by atoms with Crippen molar-refractivity contribution in [2.45, 2.75) is 18.7 Å². The molecule has 0 aliphatic heterocycles. The summed E-state index contributed by atoms with van der Waals surface area (Å²) in [6.07, 6.45) is 4.90. The molecule has 0 fully saturated rings. The summed E-state index contributed by atoms with van der Waals surface area (Å²) in [5.74, 6) is 0.316. The third kappa shape index (κ3) is 6.93. The van der Waals surface area contributed by atoms with Crippen LogP contribution in [0.5, 0.6) is 5.75 Å². The Kier molecular flexibility index (Phi) is 9.80. The first kappa shape index (κ1) is 25.6. The lowest BCUT2D eigenvalue weighted by atomic mass is 10.3. The van der Waals surface area contributed by atoms with Crippen LogP contribution >= 0.6 is 69.8 Å². The predicted octanol–water partition coefficient (Wildman–Crippen LogP) is 6.41. The zero-order valence-electron chi connectivity index (χ0n) is 15.8. The van der Waals surface area contributed by atoms with E-state index in [0.29, 0.717) is 16.7 Å². The van der Waals surface area contributed by atoms with E-state index in [1.54, 1.807) is 12.1 Å². The standard InChI is InChI=1S/C15H9Cl5N4O2S.C2H4O2/c1-27-15-23-21-6-24(15)22-4-7-2-3-8(26-7)5-25-14-12(19)10(17)9(16)11(18)13(14)20;1-2(3)4/h2-4,6H,5H2,1H3;1H3,(H,3,4). The molecule has 0 bridgehead atoms. The summed E-state index contributed by atoms with van der Waals surface area (Å²) >= 11 is 31.7. The number of carboxylic acids is 1. The normalized spacial score (nSPS) is 10.8. The van der Waals surface area contributed by atoms with Gasteiger partial charge in [-0.2, -0.15) is 9.78 Å². The predicted molar refractivity (Wildman–Crippen MR) is 123 cm³/mol. The fourth-order valence-corrected chi connectivity index (χ4v) is 3.59. The van der Waals surface area contributed by atoms with Crippen molar-refractivity contribution in [1.29, 1.82) is 0 Å². The summed E-state index contributed by atoms with van der Waals surface area (Å²) < 4.78 is 12.8. The molecule has 0 saturated heterocycles. The summed E-state index contributed by atoms with van der Waals surface area (Å²) in [4.78, 5) is 9.00. The topological polar surface area (TPSA) is 103 Å². The lowest BCUT2D eigenvalue weighted by Crippen LogP contribution is -1.96. The average Bonchev–Trinajstić information content (AvgIpc) is 3.37. The van der Waals surface area contributed by atoms with Crippen LogP contribution in [0.25, 0.3) is 0 Å². The second-order valence-electron chi connectivity index (χ2n) is 5.42. The van der Waals surface area contributed by atoms with Gasteiger partial charge in [-0.1, -0.05) is 69.8 Å². The number of hydrogen-bond acceptors (Lipinski definition) is 7. The number of hydrogen-bond donors (Lipinski definition) is 1. The van der Waals surface area contributed by atoms with Crippen LogP contribution in [0.4, 0.5) is 0 Å². The highest BCUT2D eigenvalue weighted by Crippen LogP contribution is 2.48. The third-order valence-electron chi connectivity index (χ3n) is 3.20. The van der Waals surface area contributed by atoms with Crippen LogP contribution in [0, 0.1) is 0 Å². The summed E-state index contributed by atoms with van der Waals surface area (Å²) in [5, 5.41) is 20.3. The van der Waals surface area contributed by atoms with Gasteiger partial charge in [-0.15, -0.1) is 10.2 Å². The summed E-state index contributed by atoms with van der Waals surface area (Å²) in [7, 11) is 0. The highest BCUT2D eigenvalue weighted by molar-refractivity contribution is 7.98. The molecule has 166 valence electrons. The molecule has 3 aromatic rings. The number of rotatable bonds is 6. The Balaban J connectivity index is 0.000000785. The Hall–Kier alpha value is -1.62. The number of halogens is 5. The minimum atomic E-state index is -0.833. The molecule has 0 aliphatic carbocycles. The highest BCUT2D eigenvalue weighted by Gasteiger charge is 2.21. The molecule has 0 aliphatic rings. The fourth-order valence-electron chi connectivity index (χ4n) is 1.95. The smallest absolute Gasteiger partial charge is 0.300 e. The SMILES string of the molecule is CC(=O)O.CSc1nncn1N=Cc1ccc(COc2c(Cl)c(Cl)c(Cl)c(Cl)c2Cl)o1. The number of nitrogens with zero attached hydrogens (tertiary/aromatic N) is 4. The quantitative estimate of drug-likeness (QED) is 0.165. The lowest BCUT2D eigenvalue weighted by Gasteiger charge is -2.12. The van der Waals surface area contributed by atoms with Crippen molar-refractivity contribution in [3.63, 3.8) is 0 Å². The van der Waals surface area contributed by atoms with Crippen molar-refractivity contribution in [3.8, 4) is 5.75 Å². The molecule has 1 aromatic carbocycles. The van der Waals surface area contributed by atoms with E-state index in [-0.39, 0.29) is 37.5 Å². The molecule has 0 amide bonds. The molecule has 3 rings (SSSR count). The first-order valence-corrected chi connectivity index (χ1v) is 11.2. The minimum absolute atomic E-state index is 0.0459. The number of carboxylic acid groups (broad SMARTS) is 1. The van der Waals surface area contributed by atoms with Gasteiger partial charge in [-0.25, -0.2) is 0 Å². The molecule has 0 spiro atoms. The van der Waals surface area contributed by atoms with Crippen molar-refractivity contribution in [2.75, 3.05) is 6.26 Å². The molecular weight excluding hydrogens is 534 g/mol. The summed E-state index contributed by atoms with van der Waals surface area (Å²) in [6.45, 7) is 1.13. The van der Waals surface area contributed by atoms with Crippen LogP contribution in [0.2, 0.25) is 25.1 Å². The zero-order chi connectivity index (χ0) is 23.1. The molecular formula is C17H13Cl5N4O4S. The van der Waals surface area contributed by atoms with Crippen molar-refractivity contribution in [2.24, 2.45) is 5.10 Å². The zero-order valence-corrected chi connectivity index (χ0v) is 20.4. The first-order valence-electron chi connectivity index (χ1n) is 8.06. The second kappa shape index (κ2) is 11.8. The van der Waals surface area contributed by atoms with Crippen molar-refractivity contribution in [3.05, 3.63) is 55.1 Å². The van der Waals surface area contributed by atoms with E-state index in [9.17, 15) is 0 Å². The first-order chi connectivity index (χ1) is 14.6. The van der Waals surface area contributed by atoms with E-state index in [4.69, 9.17) is 77.1 Å². The van der Waals surface area contributed by atoms with E-state index in [0.717, 1.165) is 6.92 Å². The van der Waals surface area contributed by atoms with Crippen LogP contribution in [0.1, 0.15) is 18.4 Å². The van der Waals surface area contributed by atoms with Gasteiger partial charge in [0, 0.05) is 6.92 Å². The van der Waals surface area contributed by atoms with Crippen molar-refractivity contribution in [1.82, 2.24) is 14.9 Å². The monoisotopic (exact) mass is 544 g/mol. The van der Waals surface area contributed by atoms with Gasteiger partial charge < -0.3 is 14.3 Å². The van der Waals surface area contributed by atoms with Crippen LogP contribution in [-0.4, -0.2) is 38.4 Å². The maximum atomic E-state index is 9.00. The number of carbonyl (C=O) groups is 1. The molecule has 0 atom stereocenters. The van der Waals surface area contributed by atoms with E-state index >= 15 is 0 Å². The molecule has 31 heavy (non-hydrogen) atoms. The Morgan fingerprint density at radius 1 is 1.19 bits per heavy atom. The number of aliphatic carboxylic acids is 1. The average molecular weight is 547 g/mol. The molecule has 0 saturated carbocycles. The van der Waals surface area contributed by atoms with Crippen LogP contribution in [-0.2, 0) is 11.4 Å². The Morgan fingerprint density at radius 3 is 2.35 bits per heavy atom. The van der Waals surface area contributed by atoms with Crippen molar-refractivity contribution >= 4 is 82.0 Å². The number of ether oxygens (including phenoxy) is 1. The van der Waals surface area contributed by atoms with Gasteiger partial charge in [-0.3, -0.25) is 4.79 Å². The maximum Gasteiger partial charge on any atom is 0.300 e. The van der Waals surface area contributed by atoms with Gasteiger partial charge in [0.05, 0.1) is 21.3 Å². The van der Waals surface area contributed by atoms with Crippen LogP contribution in [0.3, 0.4) is 0 Å². The van der Waals surface area contributed by atoms with E-state index < -0.39 is 5.97 Å². The third-order valence-corrected chi connectivity index (χ3v) is 6.08. The second-order valence-corrected chi connectivity index (χ2v) is 8.08. The van der Waals surface area contributed by atoms with Gasteiger partial charge in [-0.05, 0) is 18.4 Å². The summed E-state index contributed by atoms with van der Waals surface area (Å²) in [5.41, 5.74) is 0. The highest BCUT2D eigenvalue weighted by atomic mass is 35.5. The summed E-state index contributed by atoms with van der Waals surface area (Å²) in [6, 6.07) is 3.46. The minimum Gasteiger partial charge on any atom is -0.482 e. The maximum absolute atomic E-state index is 9.00. The Morgan fingerprint density at radius 2 is 1.77 bits per heavy atom. The van der Waals surface area contributed by atoms with E-state index in [1.807, 2.05) is 6.26 Å².